The molecule has 3 heterocycles. The number of hydrogen-bond acceptors (Lipinski definition) is 2. The molecule has 110 valence electrons. The number of piperidine rings is 3. The molecule has 20 heavy (non-hydrogen) atoms. The molecular weight excluding hydrogens is 291 g/mol. The number of fused-ring (bicyclic) bond motifs is 3. The Labute approximate surface area is 131 Å². The van der Waals surface area contributed by atoms with Gasteiger partial charge in [0, 0.05) is 18.6 Å². The van der Waals surface area contributed by atoms with Gasteiger partial charge in [0.2, 0.25) is 0 Å². The summed E-state index contributed by atoms with van der Waals surface area (Å²) in [5, 5.41) is 5.14. The normalized spacial score (nSPS) is 30.4. The van der Waals surface area contributed by atoms with Crippen LogP contribution in [0.25, 0.3) is 0 Å². The quantitative estimate of drug-likeness (QED) is 0.899. The van der Waals surface area contributed by atoms with Crippen LogP contribution in [0.5, 0.6) is 0 Å². The predicted octanol–water partition coefficient (Wildman–Crippen LogP) is 4.13. The summed E-state index contributed by atoms with van der Waals surface area (Å²) in [6.45, 7) is 5.99. The molecule has 0 saturated carbocycles. The fourth-order valence-electron chi connectivity index (χ4n) is 3.59. The van der Waals surface area contributed by atoms with E-state index in [0.717, 1.165) is 12.3 Å². The molecule has 2 nitrogen and oxygen atoms in total. The van der Waals surface area contributed by atoms with Crippen LogP contribution in [0.3, 0.4) is 0 Å². The van der Waals surface area contributed by atoms with E-state index in [1.807, 2.05) is 12.1 Å². The van der Waals surface area contributed by atoms with Crippen molar-refractivity contribution in [3.05, 3.63) is 33.8 Å². The molecule has 2 bridgehead atoms. The molecule has 4 heteroatoms. The van der Waals surface area contributed by atoms with Crippen molar-refractivity contribution in [3.8, 4) is 0 Å². The maximum absolute atomic E-state index is 6.15. The van der Waals surface area contributed by atoms with E-state index in [0.29, 0.717) is 22.1 Å². The van der Waals surface area contributed by atoms with Crippen molar-refractivity contribution in [1.29, 1.82) is 0 Å². The number of rotatable bonds is 4. The number of nitrogens with one attached hydrogen (secondary N) is 1. The summed E-state index contributed by atoms with van der Waals surface area (Å²) in [6, 6.07) is 7.00. The second-order valence-electron chi connectivity index (χ2n) is 6.05. The summed E-state index contributed by atoms with van der Waals surface area (Å²) in [7, 11) is 0. The molecule has 1 N–H and O–H groups in total. The number of benzene rings is 1. The zero-order valence-electron chi connectivity index (χ0n) is 11.9. The van der Waals surface area contributed by atoms with Crippen LogP contribution >= 0.6 is 23.2 Å². The first-order valence-electron chi connectivity index (χ1n) is 7.60. The second-order valence-corrected chi connectivity index (χ2v) is 6.86. The van der Waals surface area contributed by atoms with Gasteiger partial charge >= 0.3 is 0 Å². The fourth-order valence-corrected chi connectivity index (χ4v) is 3.90. The highest BCUT2D eigenvalue weighted by Gasteiger charge is 2.34. The Bertz CT molecular complexity index is 470. The van der Waals surface area contributed by atoms with Crippen LogP contribution in [0.4, 0.5) is 0 Å². The van der Waals surface area contributed by atoms with Gasteiger partial charge in [0.05, 0.1) is 10.0 Å². The van der Waals surface area contributed by atoms with Crippen molar-refractivity contribution >= 4 is 23.2 Å². The predicted molar refractivity (Wildman–Crippen MR) is 85.6 cm³/mol. The van der Waals surface area contributed by atoms with Gasteiger partial charge in [0.1, 0.15) is 0 Å². The fraction of sp³-hybridized carbons (Fsp3) is 0.625. The molecule has 3 aliphatic rings. The molecule has 3 fully saturated rings. The van der Waals surface area contributed by atoms with Crippen molar-refractivity contribution in [2.24, 2.45) is 5.92 Å². The van der Waals surface area contributed by atoms with Gasteiger partial charge in [-0.3, -0.25) is 0 Å². The Morgan fingerprint density at radius 2 is 2.00 bits per heavy atom. The summed E-state index contributed by atoms with van der Waals surface area (Å²) in [6.07, 6.45) is 3.76. The lowest BCUT2D eigenvalue weighted by Crippen LogP contribution is -2.56. The summed E-state index contributed by atoms with van der Waals surface area (Å²) in [4.78, 5) is 2.58. The first kappa shape index (κ1) is 14.6. The van der Waals surface area contributed by atoms with Crippen molar-refractivity contribution < 1.29 is 0 Å². The molecule has 3 aliphatic heterocycles. The summed E-state index contributed by atoms with van der Waals surface area (Å²) < 4.78 is 0. The Balaban J connectivity index is 1.72. The minimum Gasteiger partial charge on any atom is -0.306 e. The van der Waals surface area contributed by atoms with Crippen molar-refractivity contribution in [2.75, 3.05) is 19.6 Å². The van der Waals surface area contributed by atoms with Gasteiger partial charge in [-0.2, -0.15) is 0 Å². The second kappa shape index (κ2) is 6.23. The van der Waals surface area contributed by atoms with Crippen LogP contribution < -0.4 is 5.32 Å². The minimum atomic E-state index is 0.371. The van der Waals surface area contributed by atoms with Crippen LogP contribution in [0, 0.1) is 5.92 Å². The first-order valence-corrected chi connectivity index (χ1v) is 8.36. The number of nitrogens with zero attached hydrogens (tertiary/aromatic N) is 1. The van der Waals surface area contributed by atoms with Gasteiger partial charge in [-0.1, -0.05) is 36.2 Å². The van der Waals surface area contributed by atoms with Crippen LogP contribution in [-0.4, -0.2) is 30.6 Å². The highest BCUT2D eigenvalue weighted by molar-refractivity contribution is 6.42. The van der Waals surface area contributed by atoms with E-state index < -0.39 is 0 Å². The largest absolute Gasteiger partial charge is 0.306 e. The summed E-state index contributed by atoms with van der Waals surface area (Å²) in [5.41, 5.74) is 1.25. The van der Waals surface area contributed by atoms with E-state index in [4.69, 9.17) is 23.2 Å². The molecule has 1 aromatic carbocycles. The van der Waals surface area contributed by atoms with Gasteiger partial charge < -0.3 is 10.2 Å². The molecule has 0 radical (unpaired) electrons. The van der Waals surface area contributed by atoms with Crippen LogP contribution in [0.2, 0.25) is 10.0 Å². The van der Waals surface area contributed by atoms with E-state index in [1.54, 1.807) is 0 Å². The molecule has 0 amide bonds. The first-order chi connectivity index (χ1) is 9.67. The molecular formula is C16H22Cl2N2. The topological polar surface area (TPSA) is 15.3 Å². The number of hydrogen-bond donors (Lipinski definition) is 1. The van der Waals surface area contributed by atoms with E-state index in [2.05, 4.69) is 23.2 Å². The lowest BCUT2D eigenvalue weighted by molar-refractivity contribution is 0.0666. The molecule has 3 saturated heterocycles. The third kappa shape index (κ3) is 2.99. The molecule has 0 aromatic heterocycles. The van der Waals surface area contributed by atoms with Gasteiger partial charge in [-0.05, 0) is 56.0 Å². The smallest absolute Gasteiger partial charge is 0.0595 e. The van der Waals surface area contributed by atoms with Gasteiger partial charge in [0.15, 0.2) is 0 Å². The average molecular weight is 313 g/mol. The maximum atomic E-state index is 6.15. The summed E-state index contributed by atoms with van der Waals surface area (Å²) in [5.74, 6) is 0.844. The van der Waals surface area contributed by atoms with Crippen LogP contribution in [-0.2, 0) is 0 Å². The third-order valence-electron chi connectivity index (χ3n) is 4.83. The van der Waals surface area contributed by atoms with Gasteiger partial charge in [-0.15, -0.1) is 0 Å². The van der Waals surface area contributed by atoms with E-state index in [9.17, 15) is 0 Å². The highest BCUT2D eigenvalue weighted by Crippen LogP contribution is 2.31. The Morgan fingerprint density at radius 3 is 2.55 bits per heavy atom. The molecule has 0 aliphatic carbocycles. The van der Waals surface area contributed by atoms with Crippen molar-refractivity contribution in [3.63, 3.8) is 0 Å². The van der Waals surface area contributed by atoms with E-state index >= 15 is 0 Å². The Hall–Kier alpha value is -0.280. The van der Waals surface area contributed by atoms with Gasteiger partial charge in [-0.25, -0.2) is 0 Å². The average Bonchev–Trinajstić information content (AvgIpc) is 2.49. The lowest BCUT2D eigenvalue weighted by atomic mass is 9.83. The highest BCUT2D eigenvalue weighted by atomic mass is 35.5. The molecule has 2 unspecified atom stereocenters. The van der Waals surface area contributed by atoms with Crippen LogP contribution in [0.15, 0.2) is 18.2 Å². The number of halogens is 2. The summed E-state index contributed by atoms with van der Waals surface area (Å²) >= 11 is 12.2. The van der Waals surface area contributed by atoms with E-state index in [1.165, 1.54) is 38.0 Å². The monoisotopic (exact) mass is 312 g/mol. The molecule has 2 atom stereocenters. The Morgan fingerprint density at radius 1 is 1.25 bits per heavy atom. The van der Waals surface area contributed by atoms with Gasteiger partial charge in [0.25, 0.3) is 0 Å². The van der Waals surface area contributed by atoms with Crippen molar-refractivity contribution in [2.45, 2.75) is 38.3 Å². The lowest BCUT2D eigenvalue weighted by Gasteiger charge is -2.46. The maximum Gasteiger partial charge on any atom is 0.0595 e. The van der Waals surface area contributed by atoms with E-state index in [-0.39, 0.29) is 0 Å². The molecule has 0 spiro atoms. The third-order valence-corrected chi connectivity index (χ3v) is 5.56. The zero-order valence-corrected chi connectivity index (χ0v) is 13.4. The van der Waals surface area contributed by atoms with Crippen molar-refractivity contribution in [1.82, 2.24) is 10.2 Å². The Kier molecular flexibility index (Phi) is 4.56. The van der Waals surface area contributed by atoms with Crippen LogP contribution in [0.1, 0.15) is 37.8 Å². The minimum absolute atomic E-state index is 0.371. The molecule has 1 aromatic rings. The molecule has 4 rings (SSSR count). The SMILES string of the molecule is CCC(NC1CN2CCC1CC2)c1ccc(Cl)c(Cl)c1. The standard InChI is InChI=1S/C16H22Cl2N2/c1-2-15(12-3-4-13(17)14(18)9-12)19-16-10-20-7-5-11(16)6-8-20/h3-4,9,11,15-16,19H,2,5-8,10H2,1H3. The zero-order chi connectivity index (χ0) is 14.1.